The summed E-state index contributed by atoms with van der Waals surface area (Å²) in [6.45, 7) is 2.03. The lowest BCUT2D eigenvalue weighted by Crippen LogP contribution is -2.48. The molecule has 1 amide bonds. The summed E-state index contributed by atoms with van der Waals surface area (Å²) in [4.78, 5) is 30.3. The summed E-state index contributed by atoms with van der Waals surface area (Å²) >= 11 is 1.78. The zero-order chi connectivity index (χ0) is 20.8. The summed E-state index contributed by atoms with van der Waals surface area (Å²) in [7, 11) is 0. The Balaban J connectivity index is 1.24. The molecule has 4 aromatic rings. The van der Waals surface area contributed by atoms with Gasteiger partial charge in [0.25, 0.3) is 5.91 Å². The number of ether oxygens (including phenoxy) is 1. The molecule has 0 radical (unpaired) electrons. The standard InChI is InChI=1S/C22H20N6O2S/c29-21(15-1-2-20-25-14-26-28(20)13-15)27-8-4-22(5-9-27)16-11-19(17-12-23-6-7-24-17)31-18(16)3-10-30-22/h1-2,6-7,11-14H,3-5,8-10H2. The minimum Gasteiger partial charge on any atom is -0.370 e. The summed E-state index contributed by atoms with van der Waals surface area (Å²) in [5.41, 5.74) is 3.19. The lowest BCUT2D eigenvalue weighted by Gasteiger charge is -2.44. The van der Waals surface area contributed by atoms with Crippen molar-refractivity contribution in [2.75, 3.05) is 19.7 Å². The number of nitrogens with zero attached hydrogens (tertiary/aromatic N) is 6. The molecule has 2 aliphatic heterocycles. The molecule has 0 aliphatic carbocycles. The Hall–Kier alpha value is -3.17. The molecule has 1 fully saturated rings. The quantitative estimate of drug-likeness (QED) is 0.484. The molecule has 6 rings (SSSR count). The van der Waals surface area contributed by atoms with Gasteiger partial charge in [0.1, 0.15) is 6.33 Å². The Bertz CT molecular complexity index is 1260. The lowest BCUT2D eigenvalue weighted by molar-refractivity contribution is -0.0926. The number of thiophene rings is 1. The molecule has 0 saturated carbocycles. The lowest BCUT2D eigenvalue weighted by atomic mass is 9.82. The molecule has 31 heavy (non-hydrogen) atoms. The highest BCUT2D eigenvalue weighted by atomic mass is 32.1. The number of aromatic nitrogens is 5. The summed E-state index contributed by atoms with van der Waals surface area (Å²) in [5, 5.41) is 4.13. The van der Waals surface area contributed by atoms with Crippen LogP contribution in [0.4, 0.5) is 0 Å². The van der Waals surface area contributed by atoms with E-state index in [1.54, 1.807) is 40.6 Å². The molecule has 0 aromatic carbocycles. The van der Waals surface area contributed by atoms with Crippen LogP contribution in [0.1, 0.15) is 33.6 Å². The third kappa shape index (κ3) is 3.12. The normalized spacial score (nSPS) is 17.7. The fraction of sp³-hybridized carbons (Fsp3) is 0.318. The van der Waals surface area contributed by atoms with Crippen molar-refractivity contribution >= 4 is 22.9 Å². The molecule has 4 aromatic heterocycles. The zero-order valence-electron chi connectivity index (χ0n) is 16.8. The average molecular weight is 433 g/mol. The number of fused-ring (bicyclic) bond motifs is 3. The third-order valence-electron chi connectivity index (χ3n) is 6.20. The van der Waals surface area contributed by atoms with Gasteiger partial charge in [-0.3, -0.25) is 14.8 Å². The molecule has 1 spiro atoms. The fourth-order valence-corrected chi connectivity index (χ4v) is 5.77. The highest BCUT2D eigenvalue weighted by Crippen LogP contribution is 2.46. The van der Waals surface area contributed by atoms with Gasteiger partial charge >= 0.3 is 0 Å². The summed E-state index contributed by atoms with van der Waals surface area (Å²) in [5.74, 6) is 0.0221. The molecule has 0 N–H and O–H groups in total. The predicted molar refractivity (Wildman–Crippen MR) is 115 cm³/mol. The molecular formula is C22H20N6O2S. The first kappa shape index (κ1) is 18.6. The molecule has 0 unspecified atom stereocenters. The molecule has 8 nitrogen and oxygen atoms in total. The number of pyridine rings is 1. The molecule has 156 valence electrons. The highest BCUT2D eigenvalue weighted by molar-refractivity contribution is 7.15. The Labute approximate surface area is 182 Å². The molecule has 6 heterocycles. The first-order valence-corrected chi connectivity index (χ1v) is 11.2. The van der Waals surface area contributed by atoms with Crippen molar-refractivity contribution in [3.8, 4) is 10.6 Å². The Morgan fingerprint density at radius 1 is 1.16 bits per heavy atom. The first-order chi connectivity index (χ1) is 15.2. The van der Waals surface area contributed by atoms with Gasteiger partial charge in [0.05, 0.1) is 34.5 Å². The number of likely N-dealkylation sites (tertiary alicyclic amines) is 1. The van der Waals surface area contributed by atoms with Gasteiger partial charge in [-0.15, -0.1) is 11.3 Å². The molecule has 1 saturated heterocycles. The van der Waals surface area contributed by atoms with Crippen LogP contribution in [0.3, 0.4) is 0 Å². The van der Waals surface area contributed by atoms with Crippen LogP contribution in [0.25, 0.3) is 16.2 Å². The van der Waals surface area contributed by atoms with Crippen molar-refractivity contribution in [2.45, 2.75) is 24.9 Å². The number of piperidine rings is 1. The molecule has 9 heteroatoms. The number of hydrogen-bond donors (Lipinski definition) is 0. The van der Waals surface area contributed by atoms with Crippen molar-refractivity contribution in [3.05, 3.63) is 65.3 Å². The van der Waals surface area contributed by atoms with Gasteiger partial charge < -0.3 is 9.64 Å². The summed E-state index contributed by atoms with van der Waals surface area (Å²) in [6, 6.07) is 5.86. The molecule has 0 bridgehead atoms. The van der Waals surface area contributed by atoms with E-state index in [1.807, 2.05) is 17.0 Å². The second kappa shape index (κ2) is 7.21. The smallest absolute Gasteiger partial charge is 0.255 e. The van der Waals surface area contributed by atoms with E-state index in [1.165, 1.54) is 16.8 Å². The van der Waals surface area contributed by atoms with E-state index in [0.29, 0.717) is 25.3 Å². The van der Waals surface area contributed by atoms with Crippen LogP contribution in [0.15, 0.2) is 49.3 Å². The van der Waals surface area contributed by atoms with E-state index in [4.69, 9.17) is 4.74 Å². The topological polar surface area (TPSA) is 85.5 Å². The SMILES string of the molecule is O=C(c1ccc2ncnn2c1)N1CCC2(CC1)OCCc1sc(-c3cnccn3)cc12. The molecule has 0 atom stereocenters. The number of hydrogen-bond acceptors (Lipinski definition) is 7. The van der Waals surface area contributed by atoms with Crippen molar-refractivity contribution in [1.82, 2.24) is 29.5 Å². The second-order valence-corrected chi connectivity index (χ2v) is 9.04. The number of amides is 1. The van der Waals surface area contributed by atoms with E-state index in [-0.39, 0.29) is 11.5 Å². The number of carbonyl (C=O) groups is 1. The largest absolute Gasteiger partial charge is 0.370 e. The van der Waals surface area contributed by atoms with E-state index in [0.717, 1.165) is 35.5 Å². The zero-order valence-corrected chi connectivity index (χ0v) is 17.6. The fourth-order valence-electron chi connectivity index (χ4n) is 4.58. The van der Waals surface area contributed by atoms with Crippen molar-refractivity contribution in [1.29, 1.82) is 0 Å². The van der Waals surface area contributed by atoms with Crippen LogP contribution < -0.4 is 0 Å². The first-order valence-electron chi connectivity index (χ1n) is 10.3. The maximum Gasteiger partial charge on any atom is 0.255 e. The van der Waals surface area contributed by atoms with E-state index < -0.39 is 0 Å². The molecule has 2 aliphatic rings. The average Bonchev–Trinajstić information content (AvgIpc) is 3.47. The monoisotopic (exact) mass is 432 g/mol. The van der Waals surface area contributed by atoms with Crippen molar-refractivity contribution in [2.24, 2.45) is 0 Å². The van der Waals surface area contributed by atoms with Gasteiger partial charge in [0.2, 0.25) is 0 Å². The maximum absolute atomic E-state index is 13.1. The maximum atomic E-state index is 13.1. The van der Waals surface area contributed by atoms with Crippen LogP contribution in [0.5, 0.6) is 0 Å². The van der Waals surface area contributed by atoms with Gasteiger partial charge in [-0.1, -0.05) is 0 Å². The van der Waals surface area contributed by atoms with Gasteiger partial charge in [-0.05, 0) is 36.6 Å². The Morgan fingerprint density at radius 3 is 2.90 bits per heavy atom. The van der Waals surface area contributed by atoms with Crippen molar-refractivity contribution in [3.63, 3.8) is 0 Å². The van der Waals surface area contributed by atoms with E-state index in [9.17, 15) is 4.79 Å². The predicted octanol–water partition coefficient (Wildman–Crippen LogP) is 2.95. The van der Waals surface area contributed by atoms with Crippen LogP contribution in [0.2, 0.25) is 0 Å². The van der Waals surface area contributed by atoms with Gasteiger partial charge in [-0.25, -0.2) is 9.50 Å². The number of rotatable bonds is 2. The highest BCUT2D eigenvalue weighted by Gasteiger charge is 2.43. The molecular weight excluding hydrogens is 412 g/mol. The Kier molecular flexibility index (Phi) is 4.32. The number of carbonyl (C=O) groups excluding carboxylic acids is 1. The van der Waals surface area contributed by atoms with Crippen LogP contribution >= 0.6 is 11.3 Å². The summed E-state index contributed by atoms with van der Waals surface area (Å²) in [6.07, 6.45) is 10.9. The Morgan fingerprint density at radius 2 is 2.06 bits per heavy atom. The van der Waals surface area contributed by atoms with Gasteiger partial charge in [0, 0.05) is 43.0 Å². The summed E-state index contributed by atoms with van der Waals surface area (Å²) < 4.78 is 8.01. The van der Waals surface area contributed by atoms with Crippen LogP contribution in [-0.2, 0) is 16.8 Å². The second-order valence-electron chi connectivity index (χ2n) is 7.90. The van der Waals surface area contributed by atoms with E-state index in [2.05, 4.69) is 26.1 Å². The minimum atomic E-state index is -0.322. The van der Waals surface area contributed by atoms with E-state index >= 15 is 0 Å². The van der Waals surface area contributed by atoms with Gasteiger partial charge in [0.15, 0.2) is 5.65 Å². The third-order valence-corrected chi connectivity index (χ3v) is 7.42. The van der Waals surface area contributed by atoms with Crippen molar-refractivity contribution < 1.29 is 9.53 Å². The van der Waals surface area contributed by atoms with Crippen LogP contribution in [-0.4, -0.2) is 55.1 Å². The van der Waals surface area contributed by atoms with Gasteiger partial charge in [-0.2, -0.15) is 5.10 Å². The van der Waals surface area contributed by atoms with Crippen LogP contribution in [0, 0.1) is 0 Å². The minimum absolute atomic E-state index is 0.0221.